The highest BCUT2D eigenvalue weighted by Gasteiger charge is 2.14. The minimum atomic E-state index is 0.478. The molecule has 0 bridgehead atoms. The third kappa shape index (κ3) is 5.72. The summed E-state index contributed by atoms with van der Waals surface area (Å²) in [5.41, 5.74) is 1.14. The van der Waals surface area contributed by atoms with Crippen LogP contribution in [0.5, 0.6) is 0 Å². The monoisotopic (exact) mass is 301 g/mol. The molecule has 1 N–H and O–H groups in total. The van der Waals surface area contributed by atoms with Gasteiger partial charge in [-0.05, 0) is 43.4 Å². The lowest BCUT2D eigenvalue weighted by Crippen LogP contribution is -2.33. The number of hydrogen-bond acceptors (Lipinski definition) is 1. The van der Waals surface area contributed by atoms with Crippen LogP contribution >= 0.6 is 23.2 Å². The van der Waals surface area contributed by atoms with Crippen LogP contribution in [0.3, 0.4) is 0 Å². The smallest absolute Gasteiger partial charge is 0.0624 e. The average molecular weight is 302 g/mol. The molecule has 0 aliphatic heterocycles. The molecule has 0 heterocycles. The molecule has 0 fully saturated rings. The summed E-state index contributed by atoms with van der Waals surface area (Å²) in [7, 11) is 0. The first-order chi connectivity index (χ1) is 9.08. The molecule has 0 amide bonds. The summed E-state index contributed by atoms with van der Waals surface area (Å²) < 4.78 is 0. The molecule has 0 saturated carbocycles. The second kappa shape index (κ2) is 8.84. The maximum Gasteiger partial charge on any atom is 0.0624 e. The van der Waals surface area contributed by atoms with Crippen molar-refractivity contribution in [3.05, 3.63) is 33.8 Å². The number of rotatable bonds is 8. The summed E-state index contributed by atoms with van der Waals surface area (Å²) in [6, 6.07) is 6.37. The molecule has 0 saturated heterocycles. The fourth-order valence-electron chi connectivity index (χ4n) is 2.21. The SMILES string of the molecule is CCCNC(Cc1cccc(Cl)c1Cl)CC(C)CC. The zero-order valence-electron chi connectivity index (χ0n) is 12.2. The highest BCUT2D eigenvalue weighted by Crippen LogP contribution is 2.27. The quantitative estimate of drug-likeness (QED) is 0.683. The van der Waals surface area contributed by atoms with Gasteiger partial charge in [0.2, 0.25) is 0 Å². The van der Waals surface area contributed by atoms with E-state index in [1.54, 1.807) is 0 Å². The lowest BCUT2D eigenvalue weighted by Gasteiger charge is -2.22. The Morgan fingerprint density at radius 1 is 1.21 bits per heavy atom. The van der Waals surface area contributed by atoms with Crippen LogP contribution < -0.4 is 5.32 Å². The summed E-state index contributed by atoms with van der Waals surface area (Å²) in [5.74, 6) is 0.729. The molecule has 0 aromatic heterocycles. The predicted molar refractivity (Wildman–Crippen MR) is 86.3 cm³/mol. The van der Waals surface area contributed by atoms with Crippen molar-refractivity contribution in [1.29, 1.82) is 0 Å². The molecule has 0 radical (unpaired) electrons. The Morgan fingerprint density at radius 2 is 1.95 bits per heavy atom. The van der Waals surface area contributed by atoms with Gasteiger partial charge in [0.1, 0.15) is 0 Å². The van der Waals surface area contributed by atoms with Gasteiger partial charge in [0.15, 0.2) is 0 Å². The maximum atomic E-state index is 6.28. The van der Waals surface area contributed by atoms with Crippen LogP contribution in [0.25, 0.3) is 0 Å². The lowest BCUT2D eigenvalue weighted by molar-refractivity contribution is 0.391. The summed E-state index contributed by atoms with van der Waals surface area (Å²) in [6.45, 7) is 7.80. The van der Waals surface area contributed by atoms with E-state index in [0.717, 1.165) is 30.9 Å². The molecule has 3 heteroatoms. The third-order valence-electron chi connectivity index (χ3n) is 3.56. The Bertz CT molecular complexity index is 379. The van der Waals surface area contributed by atoms with Crippen molar-refractivity contribution in [2.45, 2.75) is 52.5 Å². The van der Waals surface area contributed by atoms with Crippen molar-refractivity contribution in [3.8, 4) is 0 Å². The first kappa shape index (κ1) is 16.8. The van der Waals surface area contributed by atoms with Gasteiger partial charge >= 0.3 is 0 Å². The molecule has 0 aliphatic rings. The molecule has 1 rings (SSSR count). The van der Waals surface area contributed by atoms with Crippen molar-refractivity contribution in [2.24, 2.45) is 5.92 Å². The van der Waals surface area contributed by atoms with E-state index in [0.29, 0.717) is 16.1 Å². The molecule has 19 heavy (non-hydrogen) atoms. The molecule has 1 aromatic carbocycles. The topological polar surface area (TPSA) is 12.0 Å². The van der Waals surface area contributed by atoms with E-state index in [1.165, 1.54) is 12.8 Å². The van der Waals surface area contributed by atoms with Gasteiger partial charge in [-0.3, -0.25) is 0 Å². The zero-order chi connectivity index (χ0) is 14.3. The van der Waals surface area contributed by atoms with Gasteiger partial charge in [-0.2, -0.15) is 0 Å². The summed E-state index contributed by atoms with van der Waals surface area (Å²) in [6.07, 6.45) is 4.50. The van der Waals surface area contributed by atoms with Crippen molar-refractivity contribution in [2.75, 3.05) is 6.54 Å². The summed E-state index contributed by atoms with van der Waals surface area (Å²) in [5, 5.41) is 4.98. The van der Waals surface area contributed by atoms with Crippen molar-refractivity contribution in [1.82, 2.24) is 5.32 Å². The van der Waals surface area contributed by atoms with Crippen molar-refractivity contribution in [3.63, 3.8) is 0 Å². The van der Waals surface area contributed by atoms with Gasteiger partial charge in [0, 0.05) is 6.04 Å². The molecule has 0 aliphatic carbocycles. The number of hydrogen-bond donors (Lipinski definition) is 1. The van der Waals surface area contributed by atoms with Gasteiger partial charge in [-0.15, -0.1) is 0 Å². The third-order valence-corrected chi connectivity index (χ3v) is 4.42. The lowest BCUT2D eigenvalue weighted by atomic mass is 9.94. The van der Waals surface area contributed by atoms with Gasteiger partial charge in [0.25, 0.3) is 0 Å². The van der Waals surface area contributed by atoms with E-state index in [1.807, 2.05) is 12.1 Å². The minimum Gasteiger partial charge on any atom is -0.314 e. The fourth-order valence-corrected chi connectivity index (χ4v) is 2.61. The maximum absolute atomic E-state index is 6.28. The molecule has 108 valence electrons. The van der Waals surface area contributed by atoms with Gasteiger partial charge in [0.05, 0.1) is 10.0 Å². The highest BCUT2D eigenvalue weighted by molar-refractivity contribution is 6.42. The Labute approximate surface area is 127 Å². The number of halogens is 2. The molecular formula is C16H25Cl2N. The van der Waals surface area contributed by atoms with Crippen LogP contribution in [0, 0.1) is 5.92 Å². The van der Waals surface area contributed by atoms with E-state index >= 15 is 0 Å². The Kier molecular flexibility index (Phi) is 7.82. The first-order valence-electron chi connectivity index (χ1n) is 7.24. The largest absolute Gasteiger partial charge is 0.314 e. The van der Waals surface area contributed by atoms with Crippen molar-refractivity contribution < 1.29 is 0 Å². The second-order valence-corrected chi connectivity index (χ2v) is 6.10. The number of nitrogens with one attached hydrogen (secondary N) is 1. The zero-order valence-corrected chi connectivity index (χ0v) is 13.7. The van der Waals surface area contributed by atoms with E-state index in [9.17, 15) is 0 Å². The van der Waals surface area contributed by atoms with E-state index < -0.39 is 0 Å². The molecular weight excluding hydrogens is 277 g/mol. The summed E-state index contributed by atoms with van der Waals surface area (Å²) in [4.78, 5) is 0. The van der Waals surface area contributed by atoms with Crippen molar-refractivity contribution >= 4 is 23.2 Å². The van der Waals surface area contributed by atoms with E-state index in [-0.39, 0.29) is 0 Å². The molecule has 1 aromatic rings. The van der Waals surface area contributed by atoms with Crippen LogP contribution in [0.15, 0.2) is 18.2 Å². The first-order valence-corrected chi connectivity index (χ1v) is 8.00. The van der Waals surface area contributed by atoms with Gasteiger partial charge in [-0.1, -0.05) is 62.5 Å². The minimum absolute atomic E-state index is 0.478. The normalized spacial score (nSPS) is 14.4. The molecule has 1 nitrogen and oxygen atoms in total. The fraction of sp³-hybridized carbons (Fsp3) is 0.625. The highest BCUT2D eigenvalue weighted by atomic mass is 35.5. The van der Waals surface area contributed by atoms with Crippen LogP contribution in [0.1, 0.15) is 45.6 Å². The van der Waals surface area contributed by atoms with Crippen LogP contribution in [-0.4, -0.2) is 12.6 Å². The molecule has 2 atom stereocenters. The van der Waals surface area contributed by atoms with Crippen LogP contribution in [0.2, 0.25) is 10.0 Å². The number of benzene rings is 1. The van der Waals surface area contributed by atoms with E-state index in [4.69, 9.17) is 23.2 Å². The van der Waals surface area contributed by atoms with Gasteiger partial charge < -0.3 is 5.32 Å². The predicted octanol–water partition coefficient (Wildman–Crippen LogP) is 5.34. The standard InChI is InChI=1S/C16H25Cl2N/c1-4-9-19-14(10-12(3)5-2)11-13-7-6-8-15(17)16(13)18/h6-8,12,14,19H,4-5,9-11H2,1-3H3. The second-order valence-electron chi connectivity index (χ2n) is 5.32. The summed E-state index contributed by atoms with van der Waals surface area (Å²) >= 11 is 12.4. The Hall–Kier alpha value is -0.240. The van der Waals surface area contributed by atoms with Crippen LogP contribution in [0.4, 0.5) is 0 Å². The average Bonchev–Trinajstić information content (AvgIpc) is 2.41. The Balaban J connectivity index is 2.72. The Morgan fingerprint density at radius 3 is 2.58 bits per heavy atom. The molecule has 2 unspecified atom stereocenters. The van der Waals surface area contributed by atoms with E-state index in [2.05, 4.69) is 32.2 Å². The molecule has 0 spiro atoms. The van der Waals surface area contributed by atoms with Crippen LogP contribution in [-0.2, 0) is 6.42 Å². The van der Waals surface area contributed by atoms with Gasteiger partial charge in [-0.25, -0.2) is 0 Å².